The molecule has 2 aromatic heterocycles. The first-order valence-corrected chi connectivity index (χ1v) is 8.05. The Kier molecular flexibility index (Phi) is 4.03. The lowest BCUT2D eigenvalue weighted by Crippen LogP contribution is -2.14. The Morgan fingerprint density at radius 2 is 2.10 bits per heavy atom. The van der Waals surface area contributed by atoms with E-state index >= 15 is 0 Å². The van der Waals surface area contributed by atoms with E-state index in [0.29, 0.717) is 18.3 Å². The molecule has 2 aromatic rings. The van der Waals surface area contributed by atoms with Crippen LogP contribution in [0.15, 0.2) is 6.20 Å². The summed E-state index contributed by atoms with van der Waals surface area (Å²) < 4.78 is 0. The lowest BCUT2D eigenvalue weighted by Gasteiger charge is -2.12. The summed E-state index contributed by atoms with van der Waals surface area (Å²) in [6, 6.07) is 0. The molecule has 0 radical (unpaired) electrons. The molecule has 4 N–H and O–H groups in total. The Bertz CT molecular complexity index is 634. The van der Waals surface area contributed by atoms with Crippen LogP contribution in [0.5, 0.6) is 0 Å². The Labute approximate surface area is 128 Å². The number of nitrogens with one attached hydrogen (secondary N) is 2. The second-order valence-electron chi connectivity index (χ2n) is 5.25. The average molecular weight is 304 g/mol. The summed E-state index contributed by atoms with van der Waals surface area (Å²) in [6.07, 6.45) is 5.30. The molecule has 2 heterocycles. The molecule has 112 valence electrons. The summed E-state index contributed by atoms with van der Waals surface area (Å²) in [5.74, 6) is 8.47. The van der Waals surface area contributed by atoms with Gasteiger partial charge in [-0.25, -0.2) is 20.8 Å². The molecule has 0 amide bonds. The molecule has 0 saturated heterocycles. The molecular formula is C14H20N6S. The van der Waals surface area contributed by atoms with Gasteiger partial charge in [0.2, 0.25) is 0 Å². The zero-order valence-electron chi connectivity index (χ0n) is 12.3. The predicted molar refractivity (Wildman–Crippen MR) is 85.4 cm³/mol. The van der Waals surface area contributed by atoms with Crippen LogP contribution in [-0.4, -0.2) is 15.0 Å². The summed E-state index contributed by atoms with van der Waals surface area (Å²) in [5, 5.41) is 4.44. The van der Waals surface area contributed by atoms with Crippen molar-refractivity contribution in [3.63, 3.8) is 0 Å². The molecule has 0 aromatic carbocycles. The van der Waals surface area contributed by atoms with E-state index in [-0.39, 0.29) is 0 Å². The number of anilines is 2. The molecule has 1 fully saturated rings. The molecule has 1 aliphatic rings. The summed E-state index contributed by atoms with van der Waals surface area (Å²) in [4.78, 5) is 14.8. The Hall–Kier alpha value is -1.73. The summed E-state index contributed by atoms with van der Waals surface area (Å²) in [7, 11) is 0. The molecule has 7 heteroatoms. The number of nitrogen functional groups attached to an aromatic ring is 1. The SMILES string of the molecule is CCc1cnc(CNc2nc(C3CC3)nc(NN)c2C)s1. The van der Waals surface area contributed by atoms with E-state index in [2.05, 4.69) is 32.6 Å². The van der Waals surface area contributed by atoms with Gasteiger partial charge in [0.05, 0.1) is 6.54 Å². The summed E-state index contributed by atoms with van der Waals surface area (Å²) in [5.41, 5.74) is 3.61. The van der Waals surface area contributed by atoms with Crippen molar-refractivity contribution in [2.75, 3.05) is 10.7 Å². The molecule has 0 bridgehead atoms. The van der Waals surface area contributed by atoms with E-state index in [4.69, 9.17) is 5.84 Å². The maximum Gasteiger partial charge on any atom is 0.148 e. The Balaban J connectivity index is 1.78. The van der Waals surface area contributed by atoms with Gasteiger partial charge in [0, 0.05) is 22.6 Å². The first kappa shape index (κ1) is 14.2. The highest BCUT2D eigenvalue weighted by atomic mass is 32.1. The second-order valence-corrected chi connectivity index (χ2v) is 6.45. The number of thiazole rings is 1. The monoisotopic (exact) mass is 304 g/mol. The second kappa shape index (κ2) is 5.95. The Morgan fingerprint density at radius 3 is 2.71 bits per heavy atom. The molecule has 1 aliphatic carbocycles. The minimum atomic E-state index is 0.491. The van der Waals surface area contributed by atoms with Gasteiger partial charge in [-0.2, -0.15) is 0 Å². The summed E-state index contributed by atoms with van der Waals surface area (Å²) in [6.45, 7) is 4.78. The van der Waals surface area contributed by atoms with Crippen LogP contribution in [0, 0.1) is 6.92 Å². The van der Waals surface area contributed by atoms with Gasteiger partial charge in [-0.05, 0) is 26.2 Å². The number of hydrogen-bond acceptors (Lipinski definition) is 7. The number of nitrogens with zero attached hydrogens (tertiary/aromatic N) is 3. The molecule has 3 rings (SSSR count). The molecule has 6 nitrogen and oxygen atoms in total. The van der Waals surface area contributed by atoms with Crippen molar-refractivity contribution >= 4 is 23.0 Å². The minimum Gasteiger partial charge on any atom is -0.363 e. The van der Waals surface area contributed by atoms with Crippen molar-refractivity contribution in [1.82, 2.24) is 15.0 Å². The van der Waals surface area contributed by atoms with Gasteiger partial charge in [0.15, 0.2) is 0 Å². The smallest absolute Gasteiger partial charge is 0.148 e. The molecule has 0 aliphatic heterocycles. The van der Waals surface area contributed by atoms with Crippen LogP contribution in [0.25, 0.3) is 0 Å². The first-order valence-electron chi connectivity index (χ1n) is 7.23. The van der Waals surface area contributed by atoms with Crippen LogP contribution >= 0.6 is 11.3 Å². The number of nitrogens with two attached hydrogens (primary N) is 1. The molecule has 0 atom stereocenters. The Morgan fingerprint density at radius 1 is 1.33 bits per heavy atom. The lowest BCUT2D eigenvalue weighted by molar-refractivity contribution is 0.909. The minimum absolute atomic E-state index is 0.491. The number of aryl methyl sites for hydroxylation is 1. The van der Waals surface area contributed by atoms with Crippen molar-refractivity contribution in [2.45, 2.75) is 45.6 Å². The van der Waals surface area contributed by atoms with Gasteiger partial charge in [0.1, 0.15) is 22.5 Å². The van der Waals surface area contributed by atoms with Crippen LogP contribution in [0.3, 0.4) is 0 Å². The topological polar surface area (TPSA) is 88.8 Å². The van der Waals surface area contributed by atoms with Gasteiger partial charge >= 0.3 is 0 Å². The van der Waals surface area contributed by atoms with Gasteiger partial charge in [0.25, 0.3) is 0 Å². The van der Waals surface area contributed by atoms with Crippen molar-refractivity contribution in [3.8, 4) is 0 Å². The first-order chi connectivity index (χ1) is 10.2. The number of aromatic nitrogens is 3. The van der Waals surface area contributed by atoms with Gasteiger partial charge in [-0.1, -0.05) is 6.92 Å². The highest BCUT2D eigenvalue weighted by Gasteiger charge is 2.28. The van der Waals surface area contributed by atoms with Crippen LogP contribution in [-0.2, 0) is 13.0 Å². The molecule has 0 unspecified atom stereocenters. The average Bonchev–Trinajstić information content (AvgIpc) is 3.25. The zero-order valence-corrected chi connectivity index (χ0v) is 13.1. The van der Waals surface area contributed by atoms with Crippen molar-refractivity contribution < 1.29 is 0 Å². The molecule has 21 heavy (non-hydrogen) atoms. The number of hydrogen-bond donors (Lipinski definition) is 3. The van der Waals surface area contributed by atoms with Crippen molar-refractivity contribution in [3.05, 3.63) is 27.5 Å². The van der Waals surface area contributed by atoms with Crippen LogP contribution in [0.1, 0.15) is 47.0 Å². The lowest BCUT2D eigenvalue weighted by atomic mass is 10.3. The quantitative estimate of drug-likeness (QED) is 0.561. The molecule has 1 saturated carbocycles. The van der Waals surface area contributed by atoms with Crippen molar-refractivity contribution in [2.24, 2.45) is 5.84 Å². The summed E-state index contributed by atoms with van der Waals surface area (Å²) >= 11 is 1.73. The highest BCUT2D eigenvalue weighted by molar-refractivity contribution is 7.11. The van der Waals surface area contributed by atoms with E-state index in [1.54, 1.807) is 11.3 Å². The fraction of sp³-hybridized carbons (Fsp3) is 0.500. The third-order valence-corrected chi connectivity index (χ3v) is 4.74. The van der Waals surface area contributed by atoms with Gasteiger partial charge in [-0.15, -0.1) is 11.3 Å². The van der Waals surface area contributed by atoms with E-state index < -0.39 is 0 Å². The standard InChI is InChI=1S/C14H20N6S/c1-3-10-6-16-11(21-10)7-17-12-8(2)13(20-15)19-14(18-12)9-4-5-9/h6,9H,3-5,7,15H2,1-2H3,(H2,17,18,19,20). The number of rotatable bonds is 6. The third-order valence-electron chi connectivity index (χ3n) is 3.60. The van der Waals surface area contributed by atoms with Crippen LogP contribution < -0.4 is 16.6 Å². The highest BCUT2D eigenvalue weighted by Crippen LogP contribution is 2.39. The predicted octanol–water partition coefficient (Wildman–Crippen LogP) is 2.58. The van der Waals surface area contributed by atoms with Crippen LogP contribution in [0.4, 0.5) is 11.6 Å². The largest absolute Gasteiger partial charge is 0.363 e. The fourth-order valence-corrected chi connectivity index (χ4v) is 2.93. The fourth-order valence-electron chi connectivity index (χ4n) is 2.12. The van der Waals surface area contributed by atoms with E-state index in [1.807, 2.05) is 13.1 Å². The normalized spacial score (nSPS) is 14.2. The van der Waals surface area contributed by atoms with Crippen LogP contribution in [0.2, 0.25) is 0 Å². The molecule has 0 spiro atoms. The van der Waals surface area contributed by atoms with E-state index in [1.165, 1.54) is 17.7 Å². The number of hydrazine groups is 1. The maximum atomic E-state index is 5.56. The van der Waals surface area contributed by atoms with E-state index in [9.17, 15) is 0 Å². The zero-order chi connectivity index (χ0) is 14.8. The van der Waals surface area contributed by atoms with Gasteiger partial charge < -0.3 is 10.7 Å². The van der Waals surface area contributed by atoms with Crippen molar-refractivity contribution in [1.29, 1.82) is 0 Å². The maximum absolute atomic E-state index is 5.56. The third kappa shape index (κ3) is 3.14. The van der Waals surface area contributed by atoms with E-state index in [0.717, 1.165) is 28.6 Å². The van der Waals surface area contributed by atoms with Gasteiger partial charge in [-0.3, -0.25) is 0 Å². The molecular weight excluding hydrogens is 284 g/mol.